The Labute approximate surface area is 158 Å². The molecule has 0 spiro atoms. The van der Waals surface area contributed by atoms with Crippen molar-refractivity contribution in [1.82, 2.24) is 0 Å². The topological polar surface area (TPSA) is 64.4 Å². The summed E-state index contributed by atoms with van der Waals surface area (Å²) in [6, 6.07) is 14.0. The minimum Gasteiger partial charge on any atom is -0.494 e. The number of nitrogens with zero attached hydrogens (tertiary/aromatic N) is 1. The highest BCUT2D eigenvalue weighted by Gasteiger charge is 2.54. The predicted octanol–water partition coefficient (Wildman–Crippen LogP) is 5.29. The van der Waals surface area contributed by atoms with E-state index in [0.29, 0.717) is 30.3 Å². The van der Waals surface area contributed by atoms with Crippen LogP contribution in [-0.2, 0) is 0 Å². The lowest BCUT2D eigenvalue weighted by atomic mass is 9.68. The molecule has 0 amide bonds. The SMILES string of the molecule is CCOc1ccc([C@@H]2Nc3ccc([N+](=O)[O-])cc3[C@@H]3[C@@H]4CC[C@@H](C4)[C@@H]32)cc1. The zero-order valence-corrected chi connectivity index (χ0v) is 15.4. The van der Waals surface area contributed by atoms with Crippen molar-refractivity contribution in [2.45, 2.75) is 38.1 Å². The molecular weight excluding hydrogens is 340 g/mol. The molecule has 2 aromatic carbocycles. The van der Waals surface area contributed by atoms with Crippen LogP contribution in [0.1, 0.15) is 49.3 Å². The Morgan fingerprint density at radius 1 is 1.15 bits per heavy atom. The van der Waals surface area contributed by atoms with E-state index in [1.165, 1.54) is 24.8 Å². The zero-order valence-electron chi connectivity index (χ0n) is 15.4. The first-order valence-corrected chi connectivity index (χ1v) is 9.93. The lowest BCUT2D eigenvalue weighted by Gasteiger charge is -2.43. The van der Waals surface area contributed by atoms with Crippen LogP contribution in [0.15, 0.2) is 42.5 Å². The average molecular weight is 364 g/mol. The van der Waals surface area contributed by atoms with Crippen molar-refractivity contribution < 1.29 is 9.66 Å². The third-order valence-corrected chi connectivity index (χ3v) is 6.83. The van der Waals surface area contributed by atoms with Gasteiger partial charge >= 0.3 is 0 Å². The van der Waals surface area contributed by atoms with Crippen LogP contribution < -0.4 is 10.1 Å². The van der Waals surface area contributed by atoms with E-state index in [4.69, 9.17) is 4.74 Å². The van der Waals surface area contributed by atoms with Gasteiger partial charge in [-0.05, 0) is 79.2 Å². The molecule has 0 unspecified atom stereocenters. The first-order valence-electron chi connectivity index (χ1n) is 9.93. The van der Waals surface area contributed by atoms with Gasteiger partial charge in [-0.2, -0.15) is 0 Å². The fourth-order valence-corrected chi connectivity index (χ4v) is 5.86. The average Bonchev–Trinajstić information content (AvgIpc) is 3.30. The Balaban J connectivity index is 1.55. The second kappa shape index (κ2) is 6.25. The Morgan fingerprint density at radius 2 is 1.93 bits per heavy atom. The van der Waals surface area contributed by atoms with E-state index in [2.05, 4.69) is 17.4 Å². The van der Waals surface area contributed by atoms with Crippen molar-refractivity contribution in [3.05, 3.63) is 63.7 Å². The van der Waals surface area contributed by atoms with E-state index >= 15 is 0 Å². The van der Waals surface area contributed by atoms with E-state index in [1.54, 1.807) is 6.07 Å². The number of ether oxygens (including phenoxy) is 1. The van der Waals surface area contributed by atoms with Crippen LogP contribution in [0.4, 0.5) is 11.4 Å². The number of anilines is 1. The third kappa shape index (κ3) is 2.59. The lowest BCUT2D eigenvalue weighted by Crippen LogP contribution is -2.35. The van der Waals surface area contributed by atoms with E-state index < -0.39 is 0 Å². The molecule has 1 N–H and O–H groups in total. The van der Waals surface area contributed by atoms with E-state index in [1.807, 2.05) is 31.2 Å². The summed E-state index contributed by atoms with van der Waals surface area (Å²) in [7, 11) is 0. The molecule has 2 fully saturated rings. The Bertz CT molecular complexity index is 880. The maximum atomic E-state index is 11.3. The highest BCUT2D eigenvalue weighted by Crippen LogP contribution is 2.63. The molecule has 5 atom stereocenters. The highest BCUT2D eigenvalue weighted by molar-refractivity contribution is 5.62. The van der Waals surface area contributed by atoms with Crippen molar-refractivity contribution >= 4 is 11.4 Å². The first kappa shape index (κ1) is 16.6. The fraction of sp³-hybridized carbons (Fsp3) is 0.455. The van der Waals surface area contributed by atoms with Gasteiger partial charge in [0.2, 0.25) is 0 Å². The molecule has 27 heavy (non-hydrogen) atoms. The molecule has 0 saturated heterocycles. The summed E-state index contributed by atoms with van der Waals surface area (Å²) in [6.07, 6.45) is 3.79. The van der Waals surface area contributed by atoms with Crippen LogP contribution >= 0.6 is 0 Å². The van der Waals surface area contributed by atoms with Crippen molar-refractivity contribution in [2.75, 3.05) is 11.9 Å². The molecule has 5 rings (SSSR count). The maximum absolute atomic E-state index is 11.3. The monoisotopic (exact) mass is 364 g/mol. The fourth-order valence-electron chi connectivity index (χ4n) is 5.86. The quantitative estimate of drug-likeness (QED) is 0.591. The van der Waals surface area contributed by atoms with Crippen LogP contribution in [0.3, 0.4) is 0 Å². The number of nitro groups is 1. The summed E-state index contributed by atoms with van der Waals surface area (Å²) < 4.78 is 5.59. The minimum absolute atomic E-state index is 0.205. The van der Waals surface area contributed by atoms with Crippen LogP contribution in [0.25, 0.3) is 0 Å². The smallest absolute Gasteiger partial charge is 0.269 e. The van der Waals surface area contributed by atoms with Gasteiger partial charge in [-0.3, -0.25) is 10.1 Å². The van der Waals surface area contributed by atoms with E-state index in [-0.39, 0.29) is 16.7 Å². The summed E-state index contributed by atoms with van der Waals surface area (Å²) in [5, 5.41) is 15.0. The standard InChI is InChI=1S/C22H24N2O3/c1-2-27-17-8-5-13(6-9-17)22-21-15-4-3-14(11-15)20(21)18-12-16(24(25)26)7-10-19(18)23-22/h5-10,12,14-15,20-23H,2-4,11H2,1H3/t14-,15+,20+,21+,22+/m1/s1. The van der Waals surface area contributed by atoms with Gasteiger partial charge in [-0.15, -0.1) is 0 Å². The van der Waals surface area contributed by atoms with Gasteiger partial charge in [-0.1, -0.05) is 12.1 Å². The summed E-state index contributed by atoms with van der Waals surface area (Å²) >= 11 is 0. The molecule has 2 saturated carbocycles. The first-order chi connectivity index (χ1) is 13.2. The molecule has 1 aliphatic heterocycles. The van der Waals surface area contributed by atoms with Gasteiger partial charge in [-0.25, -0.2) is 0 Å². The molecule has 1 heterocycles. The van der Waals surface area contributed by atoms with Gasteiger partial charge in [0.25, 0.3) is 5.69 Å². The molecule has 3 aliphatic rings. The number of nitrogens with one attached hydrogen (secondary N) is 1. The number of benzene rings is 2. The molecule has 140 valence electrons. The molecule has 0 radical (unpaired) electrons. The number of hydrogen-bond acceptors (Lipinski definition) is 4. The number of hydrogen-bond donors (Lipinski definition) is 1. The molecule has 2 aromatic rings. The van der Waals surface area contributed by atoms with E-state index in [9.17, 15) is 10.1 Å². The second-order valence-corrected chi connectivity index (χ2v) is 8.09. The van der Waals surface area contributed by atoms with Gasteiger partial charge < -0.3 is 10.1 Å². The maximum Gasteiger partial charge on any atom is 0.269 e. The normalized spacial score (nSPS) is 30.3. The van der Waals surface area contributed by atoms with Gasteiger partial charge in [0.1, 0.15) is 5.75 Å². The second-order valence-electron chi connectivity index (χ2n) is 8.09. The Kier molecular flexibility index (Phi) is 3.85. The molecule has 2 aliphatic carbocycles. The van der Waals surface area contributed by atoms with Crippen LogP contribution in [0, 0.1) is 27.9 Å². The number of fused-ring (bicyclic) bond motifs is 7. The van der Waals surface area contributed by atoms with Crippen molar-refractivity contribution in [2.24, 2.45) is 17.8 Å². The van der Waals surface area contributed by atoms with Gasteiger partial charge in [0.15, 0.2) is 0 Å². The summed E-state index contributed by atoms with van der Waals surface area (Å²) in [6.45, 7) is 2.66. The van der Waals surface area contributed by atoms with Crippen LogP contribution in [0.5, 0.6) is 5.75 Å². The zero-order chi connectivity index (χ0) is 18.5. The van der Waals surface area contributed by atoms with Crippen molar-refractivity contribution in [1.29, 1.82) is 0 Å². The molecule has 5 nitrogen and oxygen atoms in total. The van der Waals surface area contributed by atoms with Crippen molar-refractivity contribution in [3.8, 4) is 5.75 Å². The third-order valence-electron chi connectivity index (χ3n) is 6.83. The molecule has 2 bridgehead atoms. The number of non-ortho nitro benzene ring substituents is 1. The predicted molar refractivity (Wildman–Crippen MR) is 104 cm³/mol. The van der Waals surface area contributed by atoms with E-state index in [0.717, 1.165) is 17.0 Å². The van der Waals surface area contributed by atoms with Gasteiger partial charge in [0, 0.05) is 17.8 Å². The van der Waals surface area contributed by atoms with Gasteiger partial charge in [0.05, 0.1) is 17.6 Å². The summed E-state index contributed by atoms with van der Waals surface area (Å²) in [5.41, 5.74) is 3.71. The van der Waals surface area contributed by atoms with Crippen molar-refractivity contribution in [3.63, 3.8) is 0 Å². The highest BCUT2D eigenvalue weighted by atomic mass is 16.6. The number of rotatable bonds is 4. The molecular formula is C22H24N2O3. The summed E-state index contributed by atoms with van der Waals surface area (Å²) in [4.78, 5) is 11.0. The molecule has 5 heteroatoms. The minimum atomic E-state index is -0.277. The summed E-state index contributed by atoms with van der Waals surface area (Å²) in [5.74, 6) is 3.20. The lowest BCUT2D eigenvalue weighted by molar-refractivity contribution is -0.384. The Morgan fingerprint density at radius 3 is 2.67 bits per heavy atom. The Hall–Kier alpha value is -2.56. The largest absolute Gasteiger partial charge is 0.494 e. The molecule has 0 aromatic heterocycles. The van der Waals surface area contributed by atoms with Crippen LogP contribution in [-0.4, -0.2) is 11.5 Å². The number of nitro benzene ring substituents is 1. The van der Waals surface area contributed by atoms with Crippen LogP contribution in [0.2, 0.25) is 0 Å².